The molecule has 0 spiro atoms. The summed E-state index contributed by atoms with van der Waals surface area (Å²) in [5.74, 6) is 0.839. The average molecular weight is 959 g/mol. The van der Waals surface area contributed by atoms with Gasteiger partial charge in [-0.1, -0.05) is 170 Å². The van der Waals surface area contributed by atoms with Gasteiger partial charge in [0.25, 0.3) is 0 Å². The summed E-state index contributed by atoms with van der Waals surface area (Å²) in [5, 5.41) is 14.3. The van der Waals surface area contributed by atoms with Crippen molar-refractivity contribution in [3.63, 3.8) is 0 Å². The second kappa shape index (κ2) is 24.3. The average Bonchev–Trinajstić information content (AvgIpc) is 3.98. The molecule has 0 radical (unpaired) electrons. The monoisotopic (exact) mass is 959 g/mol. The van der Waals surface area contributed by atoms with Crippen LogP contribution < -0.4 is 15.2 Å². The maximum atomic E-state index is 12.4. The molecule has 9 rings (SSSR count). The number of rotatable bonds is 14. The maximum Gasteiger partial charge on any atom is 0.312 e. The van der Waals surface area contributed by atoms with E-state index in [0.717, 1.165) is 44.9 Å². The molecule has 0 saturated heterocycles. The number of oxime groups is 1. The zero-order valence-electron chi connectivity index (χ0n) is 44.5. The van der Waals surface area contributed by atoms with Gasteiger partial charge in [0.1, 0.15) is 28.4 Å². The van der Waals surface area contributed by atoms with E-state index in [9.17, 15) is 4.79 Å². The summed E-state index contributed by atoms with van der Waals surface area (Å²) in [6.45, 7) is 4.58. The van der Waals surface area contributed by atoms with E-state index in [1.165, 1.54) is 21.0 Å². The summed E-state index contributed by atoms with van der Waals surface area (Å²) in [6.07, 6.45) is 0.371. The van der Waals surface area contributed by atoms with Gasteiger partial charge >= 0.3 is 5.97 Å². The summed E-state index contributed by atoms with van der Waals surface area (Å²) >= 11 is 0. The molecule has 71 heavy (non-hydrogen) atoms. The molecule has 14 nitrogen and oxygen atoms in total. The number of nitrogens with two attached hydrogens (primary N) is 1. The van der Waals surface area contributed by atoms with Crippen LogP contribution in [0.2, 0.25) is 0 Å². The highest BCUT2D eigenvalue weighted by Gasteiger charge is 2.45. The van der Waals surface area contributed by atoms with Crippen LogP contribution in [-0.4, -0.2) is 97.1 Å². The number of hydrogen-bond acceptors (Lipinski definition) is 13. The fourth-order valence-electron chi connectivity index (χ4n) is 9.08. The molecule has 2 atom stereocenters. The molecular weight excluding hydrogens is 893 g/mol. The minimum absolute atomic E-state index is 0.0474. The minimum Gasteiger partial charge on any atom is -0.497 e. The predicted octanol–water partition coefficient (Wildman–Crippen LogP) is 9.32. The van der Waals surface area contributed by atoms with Crippen LogP contribution in [-0.2, 0) is 27.0 Å². The van der Waals surface area contributed by atoms with Crippen molar-refractivity contribution in [3.05, 3.63) is 215 Å². The Morgan fingerprint density at radius 3 is 1.42 bits per heavy atom. The van der Waals surface area contributed by atoms with Crippen LogP contribution >= 0.6 is 0 Å². The van der Waals surface area contributed by atoms with Gasteiger partial charge in [0, 0.05) is 31.3 Å². The number of aromatic nitrogens is 2. The SMILES string of the molecule is COC(=O)C1CN=CN(C(c2ccccc2)(c2ccccc2)c2ccc(OC)cc2)C1.[2H]C([2H])(C)/C(N)=N/O.[2H]C([2H])(C)c1noc(C2CN=CN(C(c3ccccc3)(c3ccccc3)c3ccc(OC)cc3)C2)n1. The summed E-state index contributed by atoms with van der Waals surface area (Å²) < 4.78 is 50.9. The third-order valence-electron chi connectivity index (χ3n) is 12.5. The maximum absolute atomic E-state index is 12.4. The lowest BCUT2D eigenvalue weighted by Gasteiger charge is -2.46. The van der Waals surface area contributed by atoms with Gasteiger partial charge in [0.2, 0.25) is 5.89 Å². The minimum atomic E-state index is -1.71. The van der Waals surface area contributed by atoms with Gasteiger partial charge in [0.15, 0.2) is 5.82 Å². The molecule has 2 aliphatic rings. The van der Waals surface area contributed by atoms with E-state index in [4.69, 9.17) is 40.2 Å². The van der Waals surface area contributed by atoms with E-state index in [-0.39, 0.29) is 23.6 Å². The number of carbonyl (C=O) groups is 1. The lowest BCUT2D eigenvalue weighted by molar-refractivity contribution is -0.145. The van der Waals surface area contributed by atoms with Crippen LogP contribution in [0.1, 0.15) is 76.7 Å². The lowest BCUT2D eigenvalue weighted by atomic mass is 9.75. The lowest BCUT2D eigenvalue weighted by Crippen LogP contribution is -2.52. The molecule has 14 heteroatoms. The number of methoxy groups -OCH3 is 3. The van der Waals surface area contributed by atoms with Crippen molar-refractivity contribution < 1.29 is 34.2 Å². The Morgan fingerprint density at radius 1 is 0.662 bits per heavy atom. The summed E-state index contributed by atoms with van der Waals surface area (Å²) in [4.78, 5) is 30.4. The van der Waals surface area contributed by atoms with Crippen molar-refractivity contribution in [1.82, 2.24) is 19.9 Å². The first-order valence-corrected chi connectivity index (χ1v) is 23.1. The standard InChI is InChI=1S/C28H28N4O2.C26H26N2O3.C3H8N2O/c1-3-26-30-27(34-31-26)21-18-29-20-32(19-21)28(22-10-6-4-7-11-22,23-12-8-5-9-13-23)24-14-16-25(33-2)17-15-24;1-30-24-15-13-23(14-16-24)26(21-9-5-3-6-10-21,22-11-7-4-8-12-22)28-18-20(17-27-19-28)25(29)31-2;1-2-3(4)5-6/h4-17,20-21H,3,18-19H2,1-2H3;3-16,19-20H,17-18H2,1-2H3;6H,2H2,1H3,(H2,4,5)/i3D2;;2D2. The molecule has 366 valence electrons. The van der Waals surface area contributed by atoms with Crippen molar-refractivity contribution in [3.8, 4) is 11.5 Å². The zero-order valence-corrected chi connectivity index (χ0v) is 40.5. The van der Waals surface area contributed by atoms with Crippen LogP contribution in [0.5, 0.6) is 11.5 Å². The quantitative estimate of drug-likeness (QED) is 0.0266. The number of amidine groups is 1. The van der Waals surface area contributed by atoms with E-state index in [1.807, 2.05) is 110 Å². The van der Waals surface area contributed by atoms with Gasteiger partial charge in [-0.05, 0) is 57.6 Å². The van der Waals surface area contributed by atoms with Gasteiger partial charge < -0.3 is 39.5 Å². The fraction of sp³-hybridized carbons (Fsp3) is 0.263. The second-order valence-electron chi connectivity index (χ2n) is 16.5. The van der Waals surface area contributed by atoms with E-state index < -0.39 is 29.7 Å². The highest BCUT2D eigenvalue weighted by Crippen LogP contribution is 2.45. The summed E-state index contributed by atoms with van der Waals surface area (Å²) in [5.41, 5.74) is 9.97. The highest BCUT2D eigenvalue weighted by molar-refractivity contribution is 5.79. The van der Waals surface area contributed by atoms with Gasteiger partial charge in [-0.2, -0.15) is 4.98 Å². The molecule has 6 aromatic carbocycles. The van der Waals surface area contributed by atoms with Crippen LogP contribution in [0, 0.1) is 5.92 Å². The van der Waals surface area contributed by atoms with Crippen LogP contribution in [0.3, 0.4) is 0 Å². The van der Waals surface area contributed by atoms with Crippen molar-refractivity contribution in [2.45, 2.75) is 43.6 Å². The smallest absolute Gasteiger partial charge is 0.312 e. The van der Waals surface area contributed by atoms with E-state index in [0.29, 0.717) is 32.1 Å². The van der Waals surface area contributed by atoms with Gasteiger partial charge in [-0.15, -0.1) is 0 Å². The molecule has 3 N–H and O–H groups in total. The number of benzene rings is 6. The number of ether oxygens (including phenoxy) is 3. The Hall–Kier alpha value is -8.26. The molecular formula is C57H62N8O6. The first-order chi connectivity index (χ1) is 36.1. The highest BCUT2D eigenvalue weighted by atomic mass is 16.5. The van der Waals surface area contributed by atoms with Gasteiger partial charge in [0.05, 0.1) is 58.9 Å². The van der Waals surface area contributed by atoms with Crippen molar-refractivity contribution in [2.24, 2.45) is 26.8 Å². The number of aryl methyl sites for hydroxylation is 1. The normalized spacial score (nSPS) is 16.9. The molecule has 7 aromatic rings. The summed E-state index contributed by atoms with van der Waals surface area (Å²) in [7, 11) is 4.75. The van der Waals surface area contributed by atoms with E-state index in [2.05, 4.69) is 103 Å². The first-order valence-electron chi connectivity index (χ1n) is 25.1. The molecule has 0 saturated carbocycles. The Bertz CT molecular complexity index is 2910. The Morgan fingerprint density at radius 2 is 1.07 bits per heavy atom. The zero-order chi connectivity index (χ0) is 53.6. The van der Waals surface area contributed by atoms with Crippen LogP contribution in [0.25, 0.3) is 0 Å². The summed E-state index contributed by atoms with van der Waals surface area (Å²) in [6, 6.07) is 57.6. The van der Waals surface area contributed by atoms with Crippen LogP contribution in [0.15, 0.2) is 190 Å². The molecule has 0 fully saturated rings. The molecule has 0 aliphatic carbocycles. The molecule has 3 heterocycles. The predicted molar refractivity (Wildman–Crippen MR) is 277 cm³/mol. The largest absolute Gasteiger partial charge is 0.497 e. The molecule has 1 aromatic heterocycles. The van der Waals surface area contributed by atoms with E-state index in [1.54, 1.807) is 14.2 Å². The Balaban J connectivity index is 0.000000193. The second-order valence-corrected chi connectivity index (χ2v) is 16.5. The Labute approximate surface area is 421 Å². The van der Waals surface area contributed by atoms with Crippen molar-refractivity contribution in [1.29, 1.82) is 0 Å². The molecule has 2 aliphatic heterocycles. The topological polar surface area (TPSA) is 173 Å². The fourth-order valence-corrected chi connectivity index (χ4v) is 9.08. The molecule has 0 amide bonds. The Kier molecular flexibility index (Phi) is 15.5. The number of esters is 1. The third-order valence-corrected chi connectivity index (χ3v) is 12.5. The van der Waals surface area contributed by atoms with Crippen molar-refractivity contribution in [2.75, 3.05) is 47.5 Å². The third kappa shape index (κ3) is 11.1. The van der Waals surface area contributed by atoms with Gasteiger partial charge in [-0.25, -0.2) is 0 Å². The molecule has 2 unspecified atom stereocenters. The van der Waals surface area contributed by atoms with Crippen LogP contribution in [0.4, 0.5) is 0 Å². The number of hydrogen-bond donors (Lipinski definition) is 2. The van der Waals surface area contributed by atoms with Gasteiger partial charge in [-0.3, -0.25) is 14.8 Å². The first kappa shape index (κ1) is 45.2. The number of carbonyl (C=O) groups excluding carboxylic acids is 1. The molecule has 0 bridgehead atoms. The number of aliphatic imine (C=N–C) groups is 2. The van der Waals surface area contributed by atoms with E-state index >= 15 is 0 Å². The van der Waals surface area contributed by atoms with Crippen molar-refractivity contribution >= 4 is 24.5 Å². The number of nitrogens with zero attached hydrogens (tertiary/aromatic N) is 7.